The third-order valence-corrected chi connectivity index (χ3v) is 7.42. The maximum atomic E-state index is 12.1. The van der Waals surface area contributed by atoms with Crippen LogP contribution in [0.3, 0.4) is 0 Å². The zero-order valence-electron chi connectivity index (χ0n) is 14.5. The fraction of sp³-hybridized carbons (Fsp3) is 0.316. The Morgan fingerprint density at radius 2 is 1.85 bits per heavy atom. The van der Waals surface area contributed by atoms with Gasteiger partial charge < -0.3 is 9.64 Å². The molecule has 0 spiro atoms. The molecule has 0 unspecified atom stereocenters. The molecule has 5 nitrogen and oxygen atoms in total. The largest absolute Gasteiger partial charge is 0.493 e. The molecule has 2 heterocycles. The van der Waals surface area contributed by atoms with Gasteiger partial charge in [0, 0.05) is 16.5 Å². The van der Waals surface area contributed by atoms with E-state index < -0.39 is 9.84 Å². The van der Waals surface area contributed by atoms with Crippen molar-refractivity contribution in [3.63, 3.8) is 0 Å². The first-order valence-electron chi connectivity index (χ1n) is 8.65. The Hall–Kier alpha value is -1.70. The van der Waals surface area contributed by atoms with Crippen LogP contribution in [-0.4, -0.2) is 49.5 Å². The van der Waals surface area contributed by atoms with E-state index >= 15 is 0 Å². The lowest BCUT2D eigenvalue weighted by molar-refractivity contribution is 0.344. The predicted octanol–water partition coefficient (Wildman–Crippen LogP) is 3.49. The third-order valence-electron chi connectivity index (χ3n) is 4.54. The van der Waals surface area contributed by atoms with Crippen LogP contribution in [0.4, 0.5) is 5.69 Å². The minimum absolute atomic E-state index is 0.117. The number of hydrogen-bond donors (Lipinski definition) is 0. The quantitative estimate of drug-likeness (QED) is 0.690. The molecule has 1 saturated heterocycles. The number of para-hydroxylation sites is 1. The van der Waals surface area contributed by atoms with E-state index in [0.29, 0.717) is 11.6 Å². The van der Waals surface area contributed by atoms with Gasteiger partial charge in [-0.1, -0.05) is 41.6 Å². The zero-order valence-corrected chi connectivity index (χ0v) is 16.9. The molecule has 2 aromatic rings. The highest BCUT2D eigenvalue weighted by Crippen LogP contribution is 2.35. The van der Waals surface area contributed by atoms with E-state index in [2.05, 4.69) is 0 Å². The van der Waals surface area contributed by atoms with Crippen LogP contribution in [-0.2, 0) is 9.84 Å². The molecule has 2 atom stereocenters. The van der Waals surface area contributed by atoms with Crippen molar-refractivity contribution < 1.29 is 13.2 Å². The van der Waals surface area contributed by atoms with Crippen molar-refractivity contribution in [3.05, 3.63) is 59.6 Å². The number of amidine groups is 1. The number of aliphatic imine (C=N–C) groups is 1. The molecule has 4 rings (SSSR count). The molecular formula is C19H19ClN2O3S2. The predicted molar refractivity (Wildman–Crippen MR) is 112 cm³/mol. The number of sulfone groups is 1. The Kier molecular flexibility index (Phi) is 5.34. The summed E-state index contributed by atoms with van der Waals surface area (Å²) >= 11 is 7.60. The van der Waals surface area contributed by atoms with Crippen LogP contribution >= 0.6 is 23.4 Å². The Labute approximate surface area is 168 Å². The molecule has 2 aliphatic rings. The lowest BCUT2D eigenvalue weighted by atomic mass is 10.1. The topological polar surface area (TPSA) is 59.0 Å². The van der Waals surface area contributed by atoms with E-state index in [9.17, 15) is 8.42 Å². The number of nitrogens with zero attached hydrogens (tertiary/aromatic N) is 2. The van der Waals surface area contributed by atoms with Crippen LogP contribution in [0.5, 0.6) is 5.75 Å². The smallest absolute Gasteiger partial charge is 0.164 e. The number of anilines is 1. The minimum Gasteiger partial charge on any atom is -0.493 e. The van der Waals surface area contributed by atoms with Crippen LogP contribution in [0.2, 0.25) is 5.02 Å². The summed E-state index contributed by atoms with van der Waals surface area (Å²) in [5.41, 5.74) is 0.916. The summed E-state index contributed by atoms with van der Waals surface area (Å²) in [6, 6.07) is 16.8. The van der Waals surface area contributed by atoms with Gasteiger partial charge in [0.2, 0.25) is 0 Å². The molecule has 0 aromatic heterocycles. The molecule has 2 aromatic carbocycles. The first-order valence-corrected chi connectivity index (χ1v) is 11.8. The highest BCUT2D eigenvalue weighted by atomic mass is 35.5. The number of fused-ring (bicyclic) bond motifs is 1. The summed E-state index contributed by atoms with van der Waals surface area (Å²) < 4.78 is 29.9. The summed E-state index contributed by atoms with van der Waals surface area (Å²) in [5.74, 6) is 1.81. The van der Waals surface area contributed by atoms with Gasteiger partial charge in [0.05, 0.1) is 30.2 Å². The highest BCUT2D eigenvalue weighted by Gasteiger charge is 2.47. The lowest BCUT2D eigenvalue weighted by Gasteiger charge is -2.26. The molecule has 0 aliphatic carbocycles. The molecule has 0 bridgehead atoms. The Balaban J connectivity index is 1.46. The van der Waals surface area contributed by atoms with E-state index in [1.165, 1.54) is 0 Å². The van der Waals surface area contributed by atoms with Gasteiger partial charge in [0.15, 0.2) is 15.0 Å². The van der Waals surface area contributed by atoms with E-state index in [1.807, 2.05) is 59.5 Å². The fourth-order valence-electron chi connectivity index (χ4n) is 3.35. The summed E-state index contributed by atoms with van der Waals surface area (Å²) in [6.45, 7) is 0.551. The minimum atomic E-state index is -3.05. The first-order chi connectivity index (χ1) is 13.0. The van der Waals surface area contributed by atoms with Gasteiger partial charge in [-0.25, -0.2) is 8.42 Å². The van der Waals surface area contributed by atoms with Gasteiger partial charge in [0.1, 0.15) is 5.75 Å². The van der Waals surface area contributed by atoms with E-state index in [0.717, 1.165) is 22.4 Å². The van der Waals surface area contributed by atoms with Gasteiger partial charge in [-0.3, -0.25) is 4.99 Å². The maximum Gasteiger partial charge on any atom is 0.164 e. The first kappa shape index (κ1) is 18.7. The summed E-state index contributed by atoms with van der Waals surface area (Å²) in [7, 11) is -3.05. The number of benzene rings is 2. The summed E-state index contributed by atoms with van der Waals surface area (Å²) in [5, 5.41) is 1.50. The molecule has 2 aliphatic heterocycles. The third kappa shape index (κ3) is 4.25. The Morgan fingerprint density at radius 1 is 1.11 bits per heavy atom. The van der Waals surface area contributed by atoms with E-state index in [-0.39, 0.29) is 23.6 Å². The second-order valence-corrected chi connectivity index (χ2v) is 10.1. The summed E-state index contributed by atoms with van der Waals surface area (Å²) in [4.78, 5) is 6.75. The van der Waals surface area contributed by atoms with E-state index in [4.69, 9.17) is 21.3 Å². The lowest BCUT2D eigenvalue weighted by Crippen LogP contribution is -2.39. The fourth-order valence-corrected chi connectivity index (χ4v) is 6.26. The van der Waals surface area contributed by atoms with E-state index in [1.54, 1.807) is 11.8 Å². The molecule has 142 valence electrons. The van der Waals surface area contributed by atoms with Crippen molar-refractivity contribution in [1.82, 2.24) is 0 Å². The second-order valence-electron chi connectivity index (χ2n) is 6.48. The van der Waals surface area contributed by atoms with Crippen LogP contribution in [0.15, 0.2) is 59.6 Å². The normalized spacial score (nSPS) is 23.1. The van der Waals surface area contributed by atoms with Crippen molar-refractivity contribution in [2.45, 2.75) is 12.1 Å². The Bertz CT molecular complexity index is 933. The molecule has 0 radical (unpaired) electrons. The average molecular weight is 423 g/mol. The number of thioether (sulfide) groups is 1. The van der Waals surface area contributed by atoms with Gasteiger partial charge in [-0.15, -0.1) is 0 Å². The number of ether oxygens (including phenoxy) is 1. The maximum absolute atomic E-state index is 12.1. The standard InChI is InChI=1S/C19H19ClN2O3S2/c20-14-6-8-15(9-7-14)22-18-13-27(23,24)12-17(18)21-19(22)26-11-10-25-16-4-2-1-3-5-16/h1-9,17-18H,10-13H2/t17-,18-/m0/s1. The molecule has 0 amide bonds. The summed E-state index contributed by atoms with van der Waals surface area (Å²) in [6.07, 6.45) is 0. The highest BCUT2D eigenvalue weighted by molar-refractivity contribution is 8.14. The molecule has 27 heavy (non-hydrogen) atoms. The molecule has 8 heteroatoms. The van der Waals surface area contributed by atoms with Crippen molar-refractivity contribution in [2.24, 2.45) is 4.99 Å². The van der Waals surface area contributed by atoms with Gasteiger partial charge in [0.25, 0.3) is 0 Å². The average Bonchev–Trinajstić information content (AvgIpc) is 3.11. The molecular weight excluding hydrogens is 404 g/mol. The monoisotopic (exact) mass is 422 g/mol. The number of rotatable bonds is 5. The van der Waals surface area contributed by atoms with Crippen LogP contribution in [0, 0.1) is 0 Å². The molecule has 1 fully saturated rings. The van der Waals surface area contributed by atoms with Crippen LogP contribution in [0.25, 0.3) is 0 Å². The SMILES string of the molecule is O=S1(=O)C[C@@H]2N=C(SCCOc3ccccc3)N(c3ccc(Cl)cc3)[C@H]2C1. The van der Waals surface area contributed by atoms with Crippen molar-refractivity contribution in [3.8, 4) is 5.75 Å². The second kappa shape index (κ2) is 7.73. The Morgan fingerprint density at radius 3 is 2.59 bits per heavy atom. The van der Waals surface area contributed by atoms with Gasteiger partial charge >= 0.3 is 0 Å². The number of hydrogen-bond acceptors (Lipinski definition) is 6. The molecule has 0 saturated carbocycles. The van der Waals surface area contributed by atoms with Crippen molar-refractivity contribution >= 4 is 44.1 Å². The zero-order chi connectivity index (χ0) is 18.9. The van der Waals surface area contributed by atoms with Crippen LogP contribution < -0.4 is 9.64 Å². The van der Waals surface area contributed by atoms with Crippen LogP contribution in [0.1, 0.15) is 0 Å². The van der Waals surface area contributed by atoms with Gasteiger partial charge in [-0.2, -0.15) is 0 Å². The van der Waals surface area contributed by atoms with Crippen molar-refractivity contribution in [1.29, 1.82) is 0 Å². The molecule has 0 N–H and O–H groups in total. The van der Waals surface area contributed by atoms with Crippen molar-refractivity contribution in [2.75, 3.05) is 28.8 Å². The number of halogens is 1. The van der Waals surface area contributed by atoms with Gasteiger partial charge in [-0.05, 0) is 36.4 Å².